The summed E-state index contributed by atoms with van der Waals surface area (Å²) < 4.78 is 33.2. The average molecular weight is 454 g/mol. The molecule has 9 nitrogen and oxygen atoms in total. The number of amides is 2. The molecule has 0 saturated carbocycles. The molecule has 2 rings (SSSR count). The highest BCUT2D eigenvalue weighted by atomic mass is 32.2. The van der Waals surface area contributed by atoms with Gasteiger partial charge in [-0.3, -0.25) is 14.4 Å². The third-order valence-corrected chi connectivity index (χ3v) is 6.38. The topological polar surface area (TPSA) is 131 Å². The van der Waals surface area contributed by atoms with Gasteiger partial charge in [-0.2, -0.15) is 4.72 Å². The zero-order valence-electron chi connectivity index (χ0n) is 17.9. The van der Waals surface area contributed by atoms with Crippen molar-refractivity contribution in [2.24, 2.45) is 5.92 Å². The predicted molar refractivity (Wildman–Crippen MR) is 115 cm³/mol. The van der Waals surface area contributed by atoms with Crippen LogP contribution < -0.4 is 15.4 Å². The molecule has 1 heterocycles. The van der Waals surface area contributed by atoms with Crippen LogP contribution in [-0.4, -0.2) is 57.9 Å². The fraction of sp³-hybridized carbons (Fsp3) is 0.571. The van der Waals surface area contributed by atoms with Crippen LogP contribution in [0.4, 0.5) is 0 Å². The Bertz CT molecular complexity index is 857. The minimum atomic E-state index is -3.94. The second-order valence-electron chi connectivity index (χ2n) is 7.80. The summed E-state index contributed by atoms with van der Waals surface area (Å²) in [6.45, 7) is 4.74. The molecular weight excluding hydrogens is 422 g/mol. The minimum Gasteiger partial charge on any atom is -0.381 e. The van der Waals surface area contributed by atoms with Gasteiger partial charge in [-0.15, -0.1) is 0 Å². The molecule has 0 aromatic heterocycles. The van der Waals surface area contributed by atoms with Gasteiger partial charge in [0, 0.05) is 19.8 Å². The molecule has 10 heteroatoms. The number of carbonyl (C=O) groups is 3. The van der Waals surface area contributed by atoms with Crippen LogP contribution >= 0.6 is 0 Å². The zero-order valence-corrected chi connectivity index (χ0v) is 18.7. The van der Waals surface area contributed by atoms with Crippen molar-refractivity contribution in [3.8, 4) is 0 Å². The molecule has 1 aromatic carbocycles. The van der Waals surface area contributed by atoms with Crippen LogP contribution in [-0.2, 0) is 29.1 Å². The SMILES string of the molecule is CC(C)C(NS(=O)(=O)c1ccccc1)C(=O)NC1CCCCOCCCNC(=O)C1=O. The monoisotopic (exact) mass is 453 g/mol. The van der Waals surface area contributed by atoms with E-state index >= 15 is 0 Å². The van der Waals surface area contributed by atoms with Gasteiger partial charge in [0.15, 0.2) is 0 Å². The molecule has 3 N–H and O–H groups in total. The number of sulfonamides is 1. The molecule has 0 aliphatic carbocycles. The molecule has 1 fully saturated rings. The zero-order chi connectivity index (χ0) is 22.9. The number of hydrogen-bond donors (Lipinski definition) is 3. The van der Waals surface area contributed by atoms with Gasteiger partial charge >= 0.3 is 0 Å². The van der Waals surface area contributed by atoms with Crippen LogP contribution in [0.3, 0.4) is 0 Å². The maximum Gasteiger partial charge on any atom is 0.289 e. The summed E-state index contributed by atoms with van der Waals surface area (Å²) in [6.07, 6.45) is 2.12. The smallest absolute Gasteiger partial charge is 0.289 e. The lowest BCUT2D eigenvalue weighted by Crippen LogP contribution is -2.55. The van der Waals surface area contributed by atoms with Crippen LogP contribution in [0.25, 0.3) is 0 Å². The molecule has 172 valence electrons. The number of nitrogens with one attached hydrogen (secondary N) is 3. The van der Waals surface area contributed by atoms with E-state index in [2.05, 4.69) is 15.4 Å². The molecule has 1 saturated heterocycles. The van der Waals surface area contributed by atoms with E-state index in [1.807, 2.05) is 0 Å². The van der Waals surface area contributed by atoms with Gasteiger partial charge in [0.25, 0.3) is 5.91 Å². The number of carbonyl (C=O) groups excluding carboxylic acids is 3. The van der Waals surface area contributed by atoms with E-state index in [0.717, 1.165) is 0 Å². The summed E-state index contributed by atoms with van der Waals surface area (Å²) in [5, 5.41) is 5.12. The normalized spacial score (nSPS) is 20.3. The van der Waals surface area contributed by atoms with Crippen molar-refractivity contribution in [1.29, 1.82) is 0 Å². The first-order valence-electron chi connectivity index (χ1n) is 10.5. The van der Waals surface area contributed by atoms with Crippen molar-refractivity contribution in [3.63, 3.8) is 0 Å². The maximum atomic E-state index is 12.9. The highest BCUT2D eigenvalue weighted by Gasteiger charge is 2.33. The molecule has 2 amide bonds. The maximum absolute atomic E-state index is 12.9. The van der Waals surface area contributed by atoms with Crippen LogP contribution in [0.2, 0.25) is 0 Å². The van der Waals surface area contributed by atoms with E-state index in [-0.39, 0.29) is 17.2 Å². The Hall–Kier alpha value is -2.30. The van der Waals surface area contributed by atoms with Gasteiger partial charge in [-0.05, 0) is 43.7 Å². The van der Waals surface area contributed by atoms with Crippen molar-refractivity contribution >= 4 is 27.6 Å². The number of benzene rings is 1. The second kappa shape index (κ2) is 11.9. The number of hydrogen-bond acceptors (Lipinski definition) is 6. The molecule has 1 aromatic rings. The number of ether oxygens (including phenoxy) is 1. The fourth-order valence-corrected chi connectivity index (χ4v) is 4.50. The minimum absolute atomic E-state index is 0.0370. The van der Waals surface area contributed by atoms with E-state index in [1.54, 1.807) is 32.0 Å². The largest absolute Gasteiger partial charge is 0.381 e. The first-order valence-corrected chi connectivity index (χ1v) is 12.0. The van der Waals surface area contributed by atoms with E-state index in [9.17, 15) is 22.8 Å². The summed E-state index contributed by atoms with van der Waals surface area (Å²) in [6, 6.07) is 5.59. The Labute approximate surface area is 183 Å². The summed E-state index contributed by atoms with van der Waals surface area (Å²) in [5.74, 6) is -2.54. The Morgan fingerprint density at radius 3 is 2.45 bits per heavy atom. The molecule has 0 bridgehead atoms. The van der Waals surface area contributed by atoms with Crippen LogP contribution in [0, 0.1) is 5.92 Å². The summed E-state index contributed by atoms with van der Waals surface area (Å²) >= 11 is 0. The molecule has 31 heavy (non-hydrogen) atoms. The molecule has 2 unspecified atom stereocenters. The second-order valence-corrected chi connectivity index (χ2v) is 9.51. The van der Waals surface area contributed by atoms with Crippen molar-refractivity contribution in [3.05, 3.63) is 30.3 Å². The van der Waals surface area contributed by atoms with Crippen LogP contribution in [0.5, 0.6) is 0 Å². The van der Waals surface area contributed by atoms with Crippen molar-refractivity contribution in [2.75, 3.05) is 19.8 Å². The first-order chi connectivity index (χ1) is 14.7. The van der Waals surface area contributed by atoms with Gasteiger partial charge in [0.1, 0.15) is 6.04 Å². The van der Waals surface area contributed by atoms with Gasteiger partial charge in [-0.25, -0.2) is 8.42 Å². The molecular formula is C21H31N3O6S. The third-order valence-electron chi connectivity index (χ3n) is 4.92. The Kier molecular flexibility index (Phi) is 9.60. The lowest BCUT2D eigenvalue weighted by molar-refractivity contribution is -0.140. The van der Waals surface area contributed by atoms with Gasteiger partial charge in [-0.1, -0.05) is 32.0 Å². The highest BCUT2D eigenvalue weighted by molar-refractivity contribution is 7.89. The van der Waals surface area contributed by atoms with Gasteiger partial charge < -0.3 is 15.4 Å². The van der Waals surface area contributed by atoms with Crippen molar-refractivity contribution < 1.29 is 27.5 Å². The standard InChI is InChI=1S/C21H31N3O6S/c1-15(2)18(24-31(28,29)16-9-4-3-5-10-16)20(26)23-17-11-6-7-13-30-14-8-12-22-21(27)19(17)25/h3-5,9-10,15,17-18,24H,6-8,11-14H2,1-2H3,(H,22,27)(H,23,26). The first kappa shape index (κ1) is 25.0. The molecule has 0 spiro atoms. The Morgan fingerprint density at radius 2 is 1.77 bits per heavy atom. The summed E-state index contributed by atoms with van der Waals surface area (Å²) in [5.41, 5.74) is 0. The predicted octanol–water partition coefficient (Wildman–Crippen LogP) is 0.750. The summed E-state index contributed by atoms with van der Waals surface area (Å²) in [4.78, 5) is 37.8. The van der Waals surface area contributed by atoms with Crippen molar-refractivity contribution in [2.45, 2.75) is 56.5 Å². The summed E-state index contributed by atoms with van der Waals surface area (Å²) in [7, 11) is -3.94. The van der Waals surface area contributed by atoms with E-state index in [0.29, 0.717) is 39.0 Å². The lowest BCUT2D eigenvalue weighted by Gasteiger charge is -2.25. The Balaban J connectivity index is 2.14. The van der Waals surface area contributed by atoms with Gasteiger partial charge in [0.05, 0.1) is 10.9 Å². The fourth-order valence-electron chi connectivity index (χ4n) is 3.13. The highest BCUT2D eigenvalue weighted by Crippen LogP contribution is 2.13. The van der Waals surface area contributed by atoms with Crippen LogP contribution in [0.1, 0.15) is 39.5 Å². The molecule has 1 aliphatic rings. The van der Waals surface area contributed by atoms with Crippen LogP contribution in [0.15, 0.2) is 35.2 Å². The van der Waals surface area contributed by atoms with Gasteiger partial charge in [0.2, 0.25) is 21.7 Å². The number of rotatable bonds is 6. The molecule has 2 atom stereocenters. The number of Topliss-reactive ketones (excluding diaryl/α,β-unsaturated/α-hetero) is 1. The Morgan fingerprint density at radius 1 is 1.10 bits per heavy atom. The molecule has 1 aliphatic heterocycles. The van der Waals surface area contributed by atoms with Crippen molar-refractivity contribution in [1.82, 2.24) is 15.4 Å². The van der Waals surface area contributed by atoms with E-state index in [4.69, 9.17) is 4.74 Å². The number of ketones is 1. The lowest BCUT2D eigenvalue weighted by atomic mass is 10.0. The third kappa shape index (κ3) is 7.71. The molecule has 0 radical (unpaired) electrons. The average Bonchev–Trinajstić information content (AvgIpc) is 2.74. The van der Waals surface area contributed by atoms with E-state index in [1.165, 1.54) is 12.1 Å². The quantitative estimate of drug-likeness (QED) is 0.545. The van der Waals surface area contributed by atoms with E-state index < -0.39 is 39.7 Å².